The van der Waals surface area contributed by atoms with Crippen LogP contribution in [0.1, 0.15) is 70.5 Å². The maximum Gasteiger partial charge on any atom is 0.252 e. The summed E-state index contributed by atoms with van der Waals surface area (Å²) in [5.74, 6) is 1.06. The summed E-state index contributed by atoms with van der Waals surface area (Å²) in [6.45, 7) is 14.7. The van der Waals surface area contributed by atoms with Crippen molar-refractivity contribution < 1.29 is 4.74 Å². The molecule has 0 bridgehead atoms. The van der Waals surface area contributed by atoms with Crippen LogP contribution in [-0.4, -0.2) is 49.3 Å². The van der Waals surface area contributed by atoms with Gasteiger partial charge in [-0.2, -0.15) is 0 Å². The number of pyridine rings is 1. The van der Waals surface area contributed by atoms with Crippen molar-refractivity contribution in [2.24, 2.45) is 5.92 Å². The quantitative estimate of drug-likeness (QED) is 0.584. The van der Waals surface area contributed by atoms with E-state index in [2.05, 4.69) is 72.2 Å². The third-order valence-corrected chi connectivity index (χ3v) is 6.33. The third kappa shape index (κ3) is 5.17. The molecule has 8 heteroatoms. The van der Waals surface area contributed by atoms with Crippen molar-refractivity contribution in [1.29, 1.82) is 0 Å². The average molecular weight is 453 g/mol. The summed E-state index contributed by atoms with van der Waals surface area (Å²) in [6, 6.07) is 8.10. The minimum absolute atomic E-state index is 0.0524. The fraction of sp³-hybridized carbons (Fsp3) is 0.600. The lowest BCUT2D eigenvalue weighted by Crippen LogP contribution is -2.41. The predicted molar refractivity (Wildman–Crippen MR) is 129 cm³/mol. The number of aryl methyl sites for hydroxylation is 1. The summed E-state index contributed by atoms with van der Waals surface area (Å²) in [5, 5.41) is 13.8. The Morgan fingerprint density at radius 3 is 2.73 bits per heavy atom. The van der Waals surface area contributed by atoms with Crippen LogP contribution in [0, 0.1) is 12.8 Å². The second-order valence-corrected chi connectivity index (χ2v) is 10.6. The number of aromatic nitrogens is 5. The Balaban J connectivity index is 1.75. The Bertz CT molecular complexity index is 1150. The van der Waals surface area contributed by atoms with Gasteiger partial charge < -0.3 is 9.72 Å². The van der Waals surface area contributed by atoms with Crippen molar-refractivity contribution in [3.05, 3.63) is 51.6 Å². The van der Waals surface area contributed by atoms with E-state index >= 15 is 0 Å². The number of nitrogens with one attached hydrogen (secondary N) is 1. The van der Waals surface area contributed by atoms with Crippen LogP contribution in [0.2, 0.25) is 0 Å². The maximum atomic E-state index is 13.1. The van der Waals surface area contributed by atoms with Crippen LogP contribution in [-0.2, 0) is 16.8 Å². The largest absolute Gasteiger partial charge is 0.377 e. The summed E-state index contributed by atoms with van der Waals surface area (Å²) in [7, 11) is 0. The van der Waals surface area contributed by atoms with E-state index in [1.807, 2.05) is 23.7 Å². The highest BCUT2D eigenvalue weighted by Crippen LogP contribution is 2.32. The number of rotatable bonds is 7. The first kappa shape index (κ1) is 23.6. The van der Waals surface area contributed by atoms with E-state index in [4.69, 9.17) is 4.74 Å². The number of nitrogens with zero attached hydrogens (tertiary/aromatic N) is 5. The first-order chi connectivity index (χ1) is 15.6. The van der Waals surface area contributed by atoms with E-state index in [-0.39, 0.29) is 29.2 Å². The molecule has 2 aromatic heterocycles. The van der Waals surface area contributed by atoms with Gasteiger partial charge in [-0.3, -0.25) is 9.69 Å². The van der Waals surface area contributed by atoms with E-state index in [9.17, 15) is 4.79 Å². The standard InChI is InChI=1S/C25H36N6O2/c1-16(2)22(23-27-28-29-31(23)25(4,5)6)30(15-20-8-7-11-33-20)14-19-13-18-10-9-17(3)12-21(18)26-24(19)32/h9-10,12-13,16,20,22H,7-8,11,14-15H2,1-6H3,(H,26,32)/t20-,22-/m1/s1. The molecule has 1 aromatic carbocycles. The average Bonchev–Trinajstić information content (AvgIpc) is 3.40. The first-order valence-electron chi connectivity index (χ1n) is 11.9. The summed E-state index contributed by atoms with van der Waals surface area (Å²) >= 11 is 0. The molecule has 1 aliphatic heterocycles. The second kappa shape index (κ2) is 9.35. The van der Waals surface area contributed by atoms with Crippen molar-refractivity contribution in [2.75, 3.05) is 13.2 Å². The van der Waals surface area contributed by atoms with E-state index < -0.39 is 0 Å². The zero-order valence-electron chi connectivity index (χ0n) is 20.6. The van der Waals surface area contributed by atoms with Gasteiger partial charge in [-0.15, -0.1) is 5.10 Å². The van der Waals surface area contributed by atoms with Crippen molar-refractivity contribution >= 4 is 10.9 Å². The SMILES string of the molecule is Cc1ccc2cc(CN(C[C@H]3CCCO3)[C@@H](c3nnnn3C(C)(C)C)C(C)C)c(=O)[nH]c2c1. The smallest absolute Gasteiger partial charge is 0.252 e. The van der Waals surface area contributed by atoms with E-state index in [1.165, 1.54) is 0 Å². The Labute approximate surface area is 195 Å². The molecule has 33 heavy (non-hydrogen) atoms. The van der Waals surface area contributed by atoms with Crippen LogP contribution in [0.5, 0.6) is 0 Å². The Kier molecular flexibility index (Phi) is 6.68. The van der Waals surface area contributed by atoms with Crippen LogP contribution in [0.25, 0.3) is 10.9 Å². The monoisotopic (exact) mass is 452 g/mol. The molecule has 0 radical (unpaired) electrons. The molecule has 0 amide bonds. The fourth-order valence-electron chi connectivity index (χ4n) is 4.76. The van der Waals surface area contributed by atoms with Crippen LogP contribution < -0.4 is 5.56 Å². The van der Waals surface area contributed by atoms with Crippen molar-refractivity contribution in [3.8, 4) is 0 Å². The van der Waals surface area contributed by atoms with Gasteiger partial charge in [0.1, 0.15) is 0 Å². The van der Waals surface area contributed by atoms with Crippen molar-refractivity contribution in [2.45, 2.75) is 78.6 Å². The van der Waals surface area contributed by atoms with Crippen LogP contribution >= 0.6 is 0 Å². The molecule has 178 valence electrons. The topological polar surface area (TPSA) is 88.9 Å². The van der Waals surface area contributed by atoms with Gasteiger partial charge in [-0.1, -0.05) is 26.0 Å². The summed E-state index contributed by atoms with van der Waals surface area (Å²) in [6.07, 6.45) is 2.24. The number of tetrazole rings is 1. The van der Waals surface area contributed by atoms with Gasteiger partial charge in [0.2, 0.25) is 0 Å². The molecule has 3 aromatic rings. The van der Waals surface area contributed by atoms with Gasteiger partial charge in [-0.25, -0.2) is 4.68 Å². The number of H-pyrrole nitrogens is 1. The molecular formula is C25H36N6O2. The number of ether oxygens (including phenoxy) is 1. The zero-order chi connectivity index (χ0) is 23.8. The number of benzene rings is 1. The molecule has 0 aliphatic carbocycles. The first-order valence-corrected chi connectivity index (χ1v) is 11.9. The van der Waals surface area contributed by atoms with Gasteiger partial charge in [0.05, 0.1) is 17.7 Å². The van der Waals surface area contributed by atoms with E-state index in [0.29, 0.717) is 6.54 Å². The molecule has 1 saturated heterocycles. The molecular weight excluding hydrogens is 416 g/mol. The molecule has 1 N–H and O–H groups in total. The van der Waals surface area contributed by atoms with Gasteiger partial charge in [0.25, 0.3) is 5.56 Å². The summed E-state index contributed by atoms with van der Waals surface area (Å²) < 4.78 is 7.90. The number of aromatic amines is 1. The molecule has 1 aliphatic rings. The lowest BCUT2D eigenvalue weighted by molar-refractivity contribution is 0.0371. The third-order valence-electron chi connectivity index (χ3n) is 6.33. The molecule has 0 saturated carbocycles. The molecule has 1 fully saturated rings. The Hall–Kier alpha value is -2.58. The molecule has 2 atom stereocenters. The summed E-state index contributed by atoms with van der Waals surface area (Å²) in [5.41, 5.74) is 2.43. The number of hydrogen-bond donors (Lipinski definition) is 1. The lowest BCUT2D eigenvalue weighted by atomic mass is 9.98. The minimum Gasteiger partial charge on any atom is -0.377 e. The second-order valence-electron chi connectivity index (χ2n) is 10.6. The number of fused-ring (bicyclic) bond motifs is 1. The van der Waals surface area contributed by atoms with Crippen LogP contribution in [0.15, 0.2) is 29.1 Å². The highest BCUT2D eigenvalue weighted by Gasteiger charge is 2.34. The Morgan fingerprint density at radius 1 is 1.27 bits per heavy atom. The maximum absolute atomic E-state index is 13.1. The highest BCUT2D eigenvalue weighted by atomic mass is 16.5. The van der Waals surface area contributed by atoms with Crippen LogP contribution in [0.4, 0.5) is 0 Å². The zero-order valence-corrected chi connectivity index (χ0v) is 20.6. The predicted octanol–water partition coefficient (Wildman–Crippen LogP) is 3.96. The molecule has 0 spiro atoms. The Morgan fingerprint density at radius 2 is 2.06 bits per heavy atom. The minimum atomic E-state index is -0.250. The molecule has 3 heterocycles. The van der Waals surface area contributed by atoms with E-state index in [0.717, 1.165) is 53.8 Å². The molecule has 0 unspecified atom stereocenters. The fourth-order valence-corrected chi connectivity index (χ4v) is 4.76. The van der Waals surface area contributed by atoms with Gasteiger partial charge in [0.15, 0.2) is 5.82 Å². The molecule has 4 rings (SSSR count). The lowest BCUT2D eigenvalue weighted by Gasteiger charge is -2.36. The molecule has 8 nitrogen and oxygen atoms in total. The van der Waals surface area contributed by atoms with E-state index in [1.54, 1.807) is 0 Å². The van der Waals surface area contributed by atoms with Crippen molar-refractivity contribution in [1.82, 2.24) is 30.1 Å². The van der Waals surface area contributed by atoms with Gasteiger partial charge >= 0.3 is 0 Å². The van der Waals surface area contributed by atoms with Crippen molar-refractivity contribution in [3.63, 3.8) is 0 Å². The normalized spacial score (nSPS) is 18.0. The highest BCUT2D eigenvalue weighted by molar-refractivity contribution is 5.79. The van der Waals surface area contributed by atoms with Gasteiger partial charge in [0, 0.05) is 30.8 Å². The summed E-state index contributed by atoms with van der Waals surface area (Å²) in [4.78, 5) is 18.5. The van der Waals surface area contributed by atoms with Crippen LogP contribution in [0.3, 0.4) is 0 Å². The number of hydrogen-bond acceptors (Lipinski definition) is 6. The van der Waals surface area contributed by atoms with Gasteiger partial charge in [-0.05, 0) is 80.0 Å².